The van der Waals surface area contributed by atoms with Crippen molar-refractivity contribution in [1.82, 2.24) is 4.57 Å². The Balaban J connectivity index is 2.05. The lowest BCUT2D eigenvalue weighted by molar-refractivity contribution is 0.414. The number of para-hydroxylation sites is 1. The topological polar surface area (TPSA) is 60.3 Å². The number of nitrogens with one attached hydrogen (secondary N) is 1. The first-order valence-corrected chi connectivity index (χ1v) is 10.8. The molecular weight excluding hydrogens is 360 g/mol. The standard InChI is InChI=1S/C21H26N2O3S/c1-4-7-16-15-23(14-5-2)21-19(16)8-6-9-20(21)22-27(24,25)18-12-10-17(26-3)11-13-18/h6,8-13,15,22H,4-5,7,14H2,1-3H3. The molecule has 0 bridgehead atoms. The highest BCUT2D eigenvalue weighted by atomic mass is 32.2. The minimum absolute atomic E-state index is 0.211. The summed E-state index contributed by atoms with van der Waals surface area (Å²) in [4.78, 5) is 0.211. The van der Waals surface area contributed by atoms with Gasteiger partial charge in [-0.25, -0.2) is 8.42 Å². The number of hydrogen-bond donors (Lipinski definition) is 1. The van der Waals surface area contributed by atoms with Crippen LogP contribution < -0.4 is 9.46 Å². The summed E-state index contributed by atoms with van der Waals surface area (Å²) in [6.07, 6.45) is 5.16. The molecule has 0 radical (unpaired) electrons. The highest BCUT2D eigenvalue weighted by molar-refractivity contribution is 7.92. The van der Waals surface area contributed by atoms with E-state index >= 15 is 0 Å². The van der Waals surface area contributed by atoms with Crippen molar-refractivity contribution in [1.29, 1.82) is 0 Å². The number of aryl methyl sites for hydroxylation is 2. The van der Waals surface area contributed by atoms with Gasteiger partial charge in [0.25, 0.3) is 10.0 Å². The van der Waals surface area contributed by atoms with E-state index in [1.165, 1.54) is 5.56 Å². The van der Waals surface area contributed by atoms with Gasteiger partial charge in [0, 0.05) is 18.1 Å². The zero-order valence-corrected chi connectivity index (χ0v) is 16.8. The van der Waals surface area contributed by atoms with E-state index in [1.807, 2.05) is 12.1 Å². The summed E-state index contributed by atoms with van der Waals surface area (Å²) in [7, 11) is -2.13. The number of aromatic nitrogens is 1. The quantitative estimate of drug-likeness (QED) is 0.604. The number of benzene rings is 2. The van der Waals surface area contributed by atoms with E-state index in [1.54, 1.807) is 31.4 Å². The van der Waals surface area contributed by atoms with Crippen LogP contribution in [0.25, 0.3) is 10.9 Å². The molecule has 5 nitrogen and oxygen atoms in total. The van der Waals surface area contributed by atoms with Crippen LogP contribution in [-0.4, -0.2) is 20.1 Å². The first-order chi connectivity index (χ1) is 13.0. The summed E-state index contributed by atoms with van der Waals surface area (Å²) in [5, 5.41) is 1.11. The molecule has 1 aromatic heterocycles. The fourth-order valence-corrected chi connectivity index (χ4v) is 4.43. The Hall–Kier alpha value is -2.47. The lowest BCUT2D eigenvalue weighted by Gasteiger charge is -2.12. The number of hydrogen-bond acceptors (Lipinski definition) is 3. The van der Waals surface area contributed by atoms with Crippen LogP contribution in [0.2, 0.25) is 0 Å². The molecule has 0 unspecified atom stereocenters. The van der Waals surface area contributed by atoms with Crippen molar-refractivity contribution < 1.29 is 13.2 Å². The van der Waals surface area contributed by atoms with Crippen LogP contribution in [0.15, 0.2) is 53.6 Å². The van der Waals surface area contributed by atoms with Gasteiger partial charge in [0.15, 0.2) is 0 Å². The van der Waals surface area contributed by atoms with Crippen molar-refractivity contribution in [3.63, 3.8) is 0 Å². The molecule has 0 aliphatic heterocycles. The van der Waals surface area contributed by atoms with E-state index in [0.29, 0.717) is 11.4 Å². The Labute approximate surface area is 161 Å². The Morgan fingerprint density at radius 2 is 1.78 bits per heavy atom. The van der Waals surface area contributed by atoms with Crippen molar-refractivity contribution in [2.75, 3.05) is 11.8 Å². The summed E-state index contributed by atoms with van der Waals surface area (Å²) in [6, 6.07) is 12.2. The number of fused-ring (bicyclic) bond motifs is 1. The van der Waals surface area contributed by atoms with Gasteiger partial charge in [-0.1, -0.05) is 32.4 Å². The van der Waals surface area contributed by atoms with Gasteiger partial charge in [0.1, 0.15) is 5.75 Å². The summed E-state index contributed by atoms with van der Waals surface area (Å²) in [5.41, 5.74) is 2.81. The molecule has 0 spiro atoms. The van der Waals surface area contributed by atoms with Crippen molar-refractivity contribution in [3.8, 4) is 5.75 Å². The van der Waals surface area contributed by atoms with Gasteiger partial charge in [-0.3, -0.25) is 4.72 Å². The van der Waals surface area contributed by atoms with Crippen molar-refractivity contribution >= 4 is 26.6 Å². The van der Waals surface area contributed by atoms with Gasteiger partial charge >= 0.3 is 0 Å². The number of sulfonamides is 1. The maximum absolute atomic E-state index is 12.9. The normalized spacial score (nSPS) is 11.7. The average Bonchev–Trinajstić information content (AvgIpc) is 3.01. The summed E-state index contributed by atoms with van der Waals surface area (Å²) >= 11 is 0. The molecule has 6 heteroatoms. The monoisotopic (exact) mass is 386 g/mol. The van der Waals surface area contributed by atoms with Crippen molar-refractivity contribution in [3.05, 3.63) is 54.2 Å². The predicted molar refractivity (Wildman–Crippen MR) is 110 cm³/mol. The third-order valence-corrected chi connectivity index (χ3v) is 5.96. The molecule has 1 N–H and O–H groups in total. The van der Waals surface area contributed by atoms with E-state index in [9.17, 15) is 8.42 Å². The van der Waals surface area contributed by atoms with Gasteiger partial charge < -0.3 is 9.30 Å². The lowest BCUT2D eigenvalue weighted by Crippen LogP contribution is -2.14. The number of ether oxygens (including phenoxy) is 1. The van der Waals surface area contributed by atoms with Crippen LogP contribution in [-0.2, 0) is 23.0 Å². The van der Waals surface area contributed by atoms with E-state index in [4.69, 9.17) is 4.74 Å². The summed E-state index contributed by atoms with van der Waals surface area (Å²) in [5.74, 6) is 0.622. The van der Waals surface area contributed by atoms with Gasteiger partial charge in [0.05, 0.1) is 23.2 Å². The van der Waals surface area contributed by atoms with E-state index in [2.05, 4.69) is 35.4 Å². The average molecular weight is 387 g/mol. The molecule has 0 saturated carbocycles. The van der Waals surface area contributed by atoms with Crippen LogP contribution in [0, 0.1) is 0 Å². The summed E-state index contributed by atoms with van der Waals surface area (Å²) in [6.45, 7) is 5.12. The second kappa shape index (κ2) is 8.05. The van der Waals surface area contributed by atoms with Gasteiger partial charge in [-0.2, -0.15) is 0 Å². The number of rotatable bonds is 8. The van der Waals surface area contributed by atoms with Crippen LogP contribution in [0.5, 0.6) is 5.75 Å². The summed E-state index contributed by atoms with van der Waals surface area (Å²) < 4.78 is 35.8. The Morgan fingerprint density at radius 3 is 2.41 bits per heavy atom. The molecule has 144 valence electrons. The Morgan fingerprint density at radius 1 is 1.04 bits per heavy atom. The zero-order chi connectivity index (χ0) is 19.4. The molecule has 2 aromatic carbocycles. The first kappa shape index (κ1) is 19.3. The van der Waals surface area contributed by atoms with Crippen LogP contribution in [0.1, 0.15) is 32.3 Å². The van der Waals surface area contributed by atoms with Crippen LogP contribution >= 0.6 is 0 Å². The second-order valence-electron chi connectivity index (χ2n) is 6.58. The molecule has 1 heterocycles. The molecule has 0 fully saturated rings. The van der Waals surface area contributed by atoms with Gasteiger partial charge in [-0.05, 0) is 48.7 Å². The van der Waals surface area contributed by atoms with E-state index < -0.39 is 10.0 Å². The van der Waals surface area contributed by atoms with E-state index in [-0.39, 0.29) is 4.90 Å². The Bertz CT molecular complexity index is 1020. The molecular formula is C21H26N2O3S. The predicted octanol–water partition coefficient (Wildman–Crippen LogP) is 4.81. The van der Waals surface area contributed by atoms with Crippen LogP contribution in [0.3, 0.4) is 0 Å². The maximum Gasteiger partial charge on any atom is 0.261 e. The minimum atomic E-state index is -3.68. The molecule has 0 aliphatic rings. The van der Waals surface area contributed by atoms with Gasteiger partial charge in [-0.15, -0.1) is 0 Å². The molecule has 27 heavy (non-hydrogen) atoms. The third kappa shape index (κ3) is 3.95. The van der Waals surface area contributed by atoms with Crippen molar-refractivity contribution in [2.45, 2.75) is 44.6 Å². The first-order valence-electron chi connectivity index (χ1n) is 9.27. The fourth-order valence-electron chi connectivity index (χ4n) is 3.36. The maximum atomic E-state index is 12.9. The number of anilines is 1. The lowest BCUT2D eigenvalue weighted by atomic mass is 10.1. The Kier molecular flexibility index (Phi) is 5.75. The highest BCUT2D eigenvalue weighted by Gasteiger charge is 2.18. The fraction of sp³-hybridized carbons (Fsp3) is 0.333. The largest absolute Gasteiger partial charge is 0.497 e. The smallest absolute Gasteiger partial charge is 0.261 e. The molecule has 0 aliphatic carbocycles. The van der Waals surface area contributed by atoms with Gasteiger partial charge in [0.2, 0.25) is 0 Å². The second-order valence-corrected chi connectivity index (χ2v) is 8.26. The SMILES string of the molecule is CCCc1cn(CCC)c2c(NS(=O)(=O)c3ccc(OC)cc3)cccc12. The van der Waals surface area contributed by atoms with E-state index in [0.717, 1.165) is 36.7 Å². The van der Waals surface area contributed by atoms with Crippen LogP contribution in [0.4, 0.5) is 5.69 Å². The number of methoxy groups -OCH3 is 1. The molecule has 0 saturated heterocycles. The number of nitrogens with zero attached hydrogens (tertiary/aromatic N) is 1. The molecule has 0 amide bonds. The minimum Gasteiger partial charge on any atom is -0.497 e. The highest BCUT2D eigenvalue weighted by Crippen LogP contribution is 2.31. The molecule has 3 rings (SSSR count). The van der Waals surface area contributed by atoms with Crippen molar-refractivity contribution in [2.24, 2.45) is 0 Å². The molecule has 0 atom stereocenters. The zero-order valence-electron chi connectivity index (χ0n) is 16.0. The third-order valence-electron chi connectivity index (χ3n) is 4.58. The molecule has 3 aromatic rings.